The molecular formula is C14H21N3O. The van der Waals surface area contributed by atoms with E-state index < -0.39 is 5.54 Å². The van der Waals surface area contributed by atoms with E-state index in [1.54, 1.807) is 12.4 Å². The molecule has 0 unspecified atom stereocenters. The van der Waals surface area contributed by atoms with E-state index >= 15 is 0 Å². The first-order valence-electron chi connectivity index (χ1n) is 6.62. The van der Waals surface area contributed by atoms with Crippen LogP contribution in [0.25, 0.3) is 0 Å². The van der Waals surface area contributed by atoms with Crippen molar-refractivity contribution in [3.8, 4) is 0 Å². The topological polar surface area (TPSA) is 68.0 Å². The summed E-state index contributed by atoms with van der Waals surface area (Å²) >= 11 is 0. The molecule has 1 aliphatic rings. The van der Waals surface area contributed by atoms with Crippen molar-refractivity contribution < 1.29 is 4.79 Å². The molecule has 0 radical (unpaired) electrons. The van der Waals surface area contributed by atoms with Gasteiger partial charge in [-0.3, -0.25) is 9.78 Å². The smallest absolute Gasteiger partial charge is 0.240 e. The number of nitrogens with zero attached hydrogens (tertiary/aromatic N) is 1. The second kappa shape index (κ2) is 5.48. The lowest BCUT2D eigenvalue weighted by Gasteiger charge is -2.33. The Hall–Kier alpha value is -1.42. The minimum atomic E-state index is -0.667. The Labute approximate surface area is 108 Å². The second-order valence-corrected chi connectivity index (χ2v) is 5.19. The van der Waals surface area contributed by atoms with Crippen LogP contribution in [-0.4, -0.2) is 16.4 Å². The van der Waals surface area contributed by atoms with Gasteiger partial charge in [0.1, 0.15) is 0 Å². The fourth-order valence-electron chi connectivity index (χ4n) is 2.49. The summed E-state index contributed by atoms with van der Waals surface area (Å²) in [7, 11) is 0. The van der Waals surface area contributed by atoms with Gasteiger partial charge in [0, 0.05) is 12.4 Å². The van der Waals surface area contributed by atoms with Crippen LogP contribution < -0.4 is 11.1 Å². The molecule has 1 saturated carbocycles. The first-order chi connectivity index (χ1) is 8.62. The first-order valence-corrected chi connectivity index (χ1v) is 6.62. The molecule has 98 valence electrons. The third-order valence-electron chi connectivity index (χ3n) is 3.75. The summed E-state index contributed by atoms with van der Waals surface area (Å²) in [6, 6.07) is 3.80. The van der Waals surface area contributed by atoms with E-state index in [9.17, 15) is 4.79 Å². The van der Waals surface area contributed by atoms with Crippen molar-refractivity contribution in [3.05, 3.63) is 30.1 Å². The lowest BCUT2D eigenvalue weighted by Crippen LogP contribution is -2.55. The molecular weight excluding hydrogens is 226 g/mol. The largest absolute Gasteiger partial charge is 0.348 e. The predicted molar refractivity (Wildman–Crippen MR) is 70.8 cm³/mol. The molecule has 1 aliphatic carbocycles. The molecule has 1 fully saturated rings. The van der Waals surface area contributed by atoms with Crippen LogP contribution in [0.5, 0.6) is 0 Å². The Morgan fingerprint density at radius 3 is 2.56 bits per heavy atom. The highest BCUT2D eigenvalue weighted by molar-refractivity contribution is 5.86. The third-order valence-corrected chi connectivity index (χ3v) is 3.75. The van der Waals surface area contributed by atoms with E-state index in [4.69, 9.17) is 5.73 Å². The number of nitrogens with one attached hydrogen (secondary N) is 1. The van der Waals surface area contributed by atoms with Crippen molar-refractivity contribution in [3.63, 3.8) is 0 Å². The maximum atomic E-state index is 12.3. The highest BCUT2D eigenvalue weighted by Gasteiger charge is 2.35. The quantitative estimate of drug-likeness (QED) is 0.857. The highest BCUT2D eigenvalue weighted by Crippen LogP contribution is 2.26. The average Bonchev–Trinajstić information content (AvgIpc) is 2.40. The Morgan fingerprint density at radius 2 is 1.94 bits per heavy atom. The number of hydrogen-bond acceptors (Lipinski definition) is 3. The van der Waals surface area contributed by atoms with E-state index in [1.165, 1.54) is 6.42 Å². The zero-order valence-corrected chi connectivity index (χ0v) is 10.9. The minimum absolute atomic E-state index is 0.0217. The maximum absolute atomic E-state index is 12.3. The van der Waals surface area contributed by atoms with Gasteiger partial charge in [0.05, 0.1) is 11.6 Å². The molecule has 4 heteroatoms. The third kappa shape index (κ3) is 2.88. The summed E-state index contributed by atoms with van der Waals surface area (Å²) < 4.78 is 0. The number of pyridine rings is 1. The van der Waals surface area contributed by atoms with Crippen LogP contribution in [0.15, 0.2) is 24.5 Å². The summed E-state index contributed by atoms with van der Waals surface area (Å²) in [6.45, 7) is 1.97. The predicted octanol–water partition coefficient (Wildman–Crippen LogP) is 1.92. The number of amides is 1. The van der Waals surface area contributed by atoms with Crippen LogP contribution in [-0.2, 0) is 4.79 Å². The lowest BCUT2D eigenvalue weighted by atomic mass is 9.81. The van der Waals surface area contributed by atoms with Crippen LogP contribution in [0.2, 0.25) is 0 Å². The van der Waals surface area contributed by atoms with Gasteiger partial charge in [0.15, 0.2) is 0 Å². The van der Waals surface area contributed by atoms with Crippen LogP contribution in [0.1, 0.15) is 50.6 Å². The number of hydrogen-bond donors (Lipinski definition) is 2. The number of nitrogens with two attached hydrogens (primary N) is 1. The van der Waals surface area contributed by atoms with Gasteiger partial charge < -0.3 is 11.1 Å². The van der Waals surface area contributed by atoms with Gasteiger partial charge in [-0.1, -0.05) is 19.3 Å². The van der Waals surface area contributed by atoms with Crippen LogP contribution >= 0.6 is 0 Å². The summed E-state index contributed by atoms with van der Waals surface area (Å²) in [5.74, 6) is -0.0217. The van der Waals surface area contributed by atoms with Crippen molar-refractivity contribution in [1.82, 2.24) is 10.3 Å². The Morgan fingerprint density at radius 1 is 1.33 bits per heavy atom. The van der Waals surface area contributed by atoms with Crippen molar-refractivity contribution in [2.75, 3.05) is 0 Å². The molecule has 0 bridgehead atoms. The Balaban J connectivity index is 1.98. The number of rotatable bonds is 3. The molecule has 1 atom stereocenters. The summed E-state index contributed by atoms with van der Waals surface area (Å²) in [5.41, 5.74) is 6.59. The number of carbonyl (C=O) groups is 1. The van der Waals surface area contributed by atoms with E-state index in [0.29, 0.717) is 0 Å². The average molecular weight is 247 g/mol. The summed E-state index contributed by atoms with van der Waals surface area (Å²) in [6.07, 6.45) is 8.34. The lowest BCUT2D eigenvalue weighted by molar-refractivity contribution is -0.128. The molecule has 0 spiro atoms. The molecule has 0 aliphatic heterocycles. The van der Waals surface area contributed by atoms with E-state index in [0.717, 1.165) is 31.2 Å². The molecule has 1 aromatic heterocycles. The van der Waals surface area contributed by atoms with E-state index in [-0.39, 0.29) is 11.9 Å². The molecule has 18 heavy (non-hydrogen) atoms. The van der Waals surface area contributed by atoms with Gasteiger partial charge in [-0.2, -0.15) is 0 Å². The molecule has 0 saturated heterocycles. The van der Waals surface area contributed by atoms with E-state index in [1.807, 2.05) is 19.1 Å². The van der Waals surface area contributed by atoms with Crippen molar-refractivity contribution in [2.45, 2.75) is 50.6 Å². The number of aromatic nitrogens is 1. The van der Waals surface area contributed by atoms with Crippen LogP contribution in [0.3, 0.4) is 0 Å². The molecule has 1 amide bonds. The molecule has 3 N–H and O–H groups in total. The highest BCUT2D eigenvalue weighted by atomic mass is 16.2. The fourth-order valence-corrected chi connectivity index (χ4v) is 2.49. The Kier molecular flexibility index (Phi) is 3.97. The molecule has 1 aromatic rings. The standard InChI is InChI=1S/C14H21N3O/c1-11(12-5-9-16-10-6-12)17-13(18)14(15)7-3-2-4-8-14/h5-6,9-11H,2-4,7-8,15H2,1H3,(H,17,18)/t11-/m1/s1. The van der Waals surface area contributed by atoms with Gasteiger partial charge in [-0.05, 0) is 37.5 Å². The second-order valence-electron chi connectivity index (χ2n) is 5.19. The van der Waals surface area contributed by atoms with Crippen LogP contribution in [0.4, 0.5) is 0 Å². The summed E-state index contributed by atoms with van der Waals surface area (Å²) in [4.78, 5) is 16.2. The zero-order valence-electron chi connectivity index (χ0n) is 10.9. The van der Waals surface area contributed by atoms with Gasteiger partial charge in [0.2, 0.25) is 5.91 Å². The monoisotopic (exact) mass is 247 g/mol. The zero-order chi connectivity index (χ0) is 13.0. The van der Waals surface area contributed by atoms with E-state index in [2.05, 4.69) is 10.3 Å². The van der Waals surface area contributed by atoms with Gasteiger partial charge in [-0.25, -0.2) is 0 Å². The van der Waals surface area contributed by atoms with Crippen molar-refractivity contribution >= 4 is 5.91 Å². The fraction of sp³-hybridized carbons (Fsp3) is 0.571. The van der Waals surface area contributed by atoms with Gasteiger partial charge in [0.25, 0.3) is 0 Å². The van der Waals surface area contributed by atoms with Gasteiger partial charge >= 0.3 is 0 Å². The Bertz CT molecular complexity index is 399. The SMILES string of the molecule is C[C@@H](NC(=O)C1(N)CCCCC1)c1ccncc1. The van der Waals surface area contributed by atoms with Crippen LogP contribution in [0, 0.1) is 0 Å². The molecule has 2 rings (SSSR count). The first kappa shape index (κ1) is 13.0. The van der Waals surface area contributed by atoms with Crippen molar-refractivity contribution in [1.29, 1.82) is 0 Å². The molecule has 4 nitrogen and oxygen atoms in total. The van der Waals surface area contributed by atoms with Crippen molar-refractivity contribution in [2.24, 2.45) is 5.73 Å². The summed E-state index contributed by atoms with van der Waals surface area (Å²) in [5, 5.41) is 3.01. The molecule has 1 heterocycles. The maximum Gasteiger partial charge on any atom is 0.240 e. The van der Waals surface area contributed by atoms with Gasteiger partial charge in [-0.15, -0.1) is 0 Å². The normalized spacial score (nSPS) is 20.1. The minimum Gasteiger partial charge on any atom is -0.348 e. The number of carbonyl (C=O) groups excluding carboxylic acids is 1. The molecule has 0 aromatic carbocycles.